The number of aromatic amines is 1. The number of hydrogen-bond donors (Lipinski definition) is 2. The summed E-state index contributed by atoms with van der Waals surface area (Å²) in [5.74, 6) is 1.67. The molecule has 1 aromatic heterocycles. The van der Waals surface area contributed by atoms with E-state index in [0.29, 0.717) is 6.04 Å². The fraction of sp³-hybridized carbons (Fsp3) is 0.500. The third-order valence-electron chi connectivity index (χ3n) is 3.82. The molecule has 1 aromatic carbocycles. The van der Waals surface area contributed by atoms with Crippen molar-refractivity contribution in [1.82, 2.24) is 9.97 Å². The van der Waals surface area contributed by atoms with Crippen LogP contribution in [-0.4, -0.2) is 16.0 Å². The zero-order valence-electron chi connectivity index (χ0n) is 10.2. The van der Waals surface area contributed by atoms with Crippen LogP contribution in [0.5, 0.6) is 0 Å². The Hall–Kier alpha value is -1.51. The Morgan fingerprint density at radius 2 is 2.06 bits per heavy atom. The van der Waals surface area contributed by atoms with Gasteiger partial charge in [0.05, 0.1) is 11.0 Å². The van der Waals surface area contributed by atoms with Crippen LogP contribution in [0.1, 0.15) is 32.6 Å². The summed E-state index contributed by atoms with van der Waals surface area (Å²) in [6, 6.07) is 8.74. The molecule has 0 saturated heterocycles. The number of fused-ring (bicyclic) bond motifs is 1. The smallest absolute Gasteiger partial charge is 0.201 e. The normalized spacial score (nSPS) is 25.0. The van der Waals surface area contributed by atoms with Crippen LogP contribution < -0.4 is 5.32 Å². The van der Waals surface area contributed by atoms with Crippen LogP contribution in [0.3, 0.4) is 0 Å². The first-order chi connectivity index (χ1) is 8.33. The van der Waals surface area contributed by atoms with Gasteiger partial charge in [0.2, 0.25) is 5.95 Å². The van der Waals surface area contributed by atoms with Gasteiger partial charge in [-0.1, -0.05) is 31.9 Å². The van der Waals surface area contributed by atoms with E-state index in [4.69, 9.17) is 0 Å². The van der Waals surface area contributed by atoms with Gasteiger partial charge in [0.25, 0.3) is 0 Å². The number of nitrogens with one attached hydrogen (secondary N) is 2. The van der Waals surface area contributed by atoms with Crippen molar-refractivity contribution in [2.75, 3.05) is 5.32 Å². The van der Waals surface area contributed by atoms with Crippen LogP contribution in [0.2, 0.25) is 0 Å². The molecule has 1 fully saturated rings. The molecule has 0 spiro atoms. The highest BCUT2D eigenvalue weighted by Gasteiger charge is 2.21. The molecule has 0 aliphatic heterocycles. The standard InChI is InChI=1S/C14H19N3/c1-10-6-2-3-7-11(10)15-14-16-12-8-4-5-9-13(12)17-14/h4-5,8-11H,2-3,6-7H2,1H3,(H2,15,16,17)/t10-,11+/m0/s1. The monoisotopic (exact) mass is 229 g/mol. The van der Waals surface area contributed by atoms with E-state index < -0.39 is 0 Å². The van der Waals surface area contributed by atoms with Crippen molar-refractivity contribution in [2.45, 2.75) is 38.6 Å². The van der Waals surface area contributed by atoms with Gasteiger partial charge in [0, 0.05) is 6.04 Å². The molecule has 1 aliphatic carbocycles. The fourth-order valence-corrected chi connectivity index (χ4v) is 2.73. The number of anilines is 1. The second-order valence-electron chi connectivity index (χ2n) is 5.12. The average molecular weight is 229 g/mol. The maximum absolute atomic E-state index is 4.57. The van der Waals surface area contributed by atoms with E-state index in [1.807, 2.05) is 18.2 Å². The molecular formula is C14H19N3. The summed E-state index contributed by atoms with van der Waals surface area (Å²) in [6.07, 6.45) is 5.30. The average Bonchev–Trinajstić information content (AvgIpc) is 2.74. The molecule has 17 heavy (non-hydrogen) atoms. The van der Waals surface area contributed by atoms with Crippen molar-refractivity contribution in [1.29, 1.82) is 0 Å². The Morgan fingerprint density at radius 3 is 2.88 bits per heavy atom. The van der Waals surface area contributed by atoms with Crippen molar-refractivity contribution in [3.05, 3.63) is 24.3 Å². The highest BCUT2D eigenvalue weighted by atomic mass is 15.1. The van der Waals surface area contributed by atoms with E-state index in [-0.39, 0.29) is 0 Å². The summed E-state index contributed by atoms with van der Waals surface area (Å²) in [5.41, 5.74) is 2.15. The number of H-pyrrole nitrogens is 1. The number of imidazole rings is 1. The lowest BCUT2D eigenvalue weighted by atomic mass is 9.86. The van der Waals surface area contributed by atoms with Crippen molar-refractivity contribution in [2.24, 2.45) is 5.92 Å². The number of aromatic nitrogens is 2. The van der Waals surface area contributed by atoms with Gasteiger partial charge < -0.3 is 10.3 Å². The van der Waals surface area contributed by atoms with E-state index in [9.17, 15) is 0 Å². The SMILES string of the molecule is C[C@H]1CCCC[C@H]1Nc1nc2ccccc2[nH]1. The summed E-state index contributed by atoms with van der Waals surface area (Å²) < 4.78 is 0. The molecule has 0 amide bonds. The number of benzene rings is 1. The third-order valence-corrected chi connectivity index (χ3v) is 3.82. The van der Waals surface area contributed by atoms with Crippen LogP contribution in [-0.2, 0) is 0 Å². The minimum Gasteiger partial charge on any atom is -0.353 e. The van der Waals surface area contributed by atoms with E-state index >= 15 is 0 Å². The largest absolute Gasteiger partial charge is 0.353 e. The van der Waals surface area contributed by atoms with Crippen molar-refractivity contribution >= 4 is 17.0 Å². The number of nitrogens with zero attached hydrogens (tertiary/aromatic N) is 1. The summed E-state index contributed by atoms with van der Waals surface area (Å²) >= 11 is 0. The molecule has 1 aliphatic rings. The molecule has 3 rings (SSSR count). The maximum Gasteiger partial charge on any atom is 0.201 e. The third kappa shape index (κ3) is 2.14. The maximum atomic E-state index is 4.57. The molecule has 2 atom stereocenters. The minimum atomic E-state index is 0.573. The molecule has 3 heteroatoms. The molecule has 1 heterocycles. The number of hydrogen-bond acceptors (Lipinski definition) is 2. The highest BCUT2D eigenvalue weighted by Crippen LogP contribution is 2.26. The number of para-hydroxylation sites is 2. The highest BCUT2D eigenvalue weighted by molar-refractivity contribution is 5.77. The predicted octanol–water partition coefficient (Wildman–Crippen LogP) is 3.55. The van der Waals surface area contributed by atoms with Crippen molar-refractivity contribution < 1.29 is 0 Å². The Labute approximate surface area is 102 Å². The van der Waals surface area contributed by atoms with Crippen LogP contribution in [0, 0.1) is 5.92 Å². The minimum absolute atomic E-state index is 0.573. The Balaban J connectivity index is 1.79. The van der Waals surface area contributed by atoms with Gasteiger partial charge in [-0.05, 0) is 30.9 Å². The fourth-order valence-electron chi connectivity index (χ4n) is 2.73. The molecular weight excluding hydrogens is 210 g/mol. The molecule has 3 nitrogen and oxygen atoms in total. The van der Waals surface area contributed by atoms with E-state index in [0.717, 1.165) is 22.9 Å². The summed E-state index contributed by atoms with van der Waals surface area (Å²) in [4.78, 5) is 7.92. The zero-order chi connectivity index (χ0) is 11.7. The van der Waals surface area contributed by atoms with Crippen molar-refractivity contribution in [3.8, 4) is 0 Å². The Bertz CT molecular complexity index is 470. The number of rotatable bonds is 2. The van der Waals surface area contributed by atoms with Crippen LogP contribution >= 0.6 is 0 Å². The molecule has 0 bridgehead atoms. The Kier molecular flexibility index (Phi) is 2.75. The van der Waals surface area contributed by atoms with E-state index in [1.165, 1.54) is 25.7 Å². The lowest BCUT2D eigenvalue weighted by Crippen LogP contribution is -2.30. The zero-order valence-corrected chi connectivity index (χ0v) is 10.2. The first-order valence-electron chi connectivity index (χ1n) is 6.54. The topological polar surface area (TPSA) is 40.7 Å². The second-order valence-corrected chi connectivity index (χ2v) is 5.12. The molecule has 1 saturated carbocycles. The lowest BCUT2D eigenvalue weighted by Gasteiger charge is -2.29. The van der Waals surface area contributed by atoms with E-state index in [2.05, 4.69) is 28.3 Å². The molecule has 90 valence electrons. The Morgan fingerprint density at radius 1 is 1.24 bits per heavy atom. The van der Waals surface area contributed by atoms with Crippen molar-refractivity contribution in [3.63, 3.8) is 0 Å². The van der Waals surface area contributed by atoms with Gasteiger partial charge in [0.1, 0.15) is 0 Å². The molecule has 2 N–H and O–H groups in total. The van der Waals surface area contributed by atoms with E-state index in [1.54, 1.807) is 0 Å². The van der Waals surface area contributed by atoms with Gasteiger partial charge in [-0.25, -0.2) is 4.98 Å². The second kappa shape index (κ2) is 4.40. The van der Waals surface area contributed by atoms with Gasteiger partial charge in [-0.15, -0.1) is 0 Å². The van der Waals surface area contributed by atoms with Gasteiger partial charge in [-0.2, -0.15) is 0 Å². The molecule has 0 unspecified atom stereocenters. The van der Waals surface area contributed by atoms with Crippen LogP contribution in [0.4, 0.5) is 5.95 Å². The summed E-state index contributed by atoms with van der Waals surface area (Å²) in [5, 5.41) is 3.55. The quantitative estimate of drug-likeness (QED) is 0.826. The molecule has 0 radical (unpaired) electrons. The van der Waals surface area contributed by atoms with Gasteiger partial charge in [-0.3, -0.25) is 0 Å². The summed E-state index contributed by atoms with van der Waals surface area (Å²) in [6.45, 7) is 2.33. The first kappa shape index (κ1) is 10.6. The first-order valence-corrected chi connectivity index (χ1v) is 6.54. The van der Waals surface area contributed by atoms with Crippen LogP contribution in [0.15, 0.2) is 24.3 Å². The molecule has 2 aromatic rings. The van der Waals surface area contributed by atoms with Gasteiger partial charge in [0.15, 0.2) is 0 Å². The predicted molar refractivity (Wildman–Crippen MR) is 71.1 cm³/mol. The lowest BCUT2D eigenvalue weighted by molar-refractivity contribution is 0.348. The summed E-state index contributed by atoms with van der Waals surface area (Å²) in [7, 11) is 0. The van der Waals surface area contributed by atoms with Gasteiger partial charge >= 0.3 is 0 Å². The van der Waals surface area contributed by atoms with Crippen LogP contribution in [0.25, 0.3) is 11.0 Å².